The van der Waals surface area contributed by atoms with Crippen LogP contribution in [0.1, 0.15) is 19.8 Å². The monoisotopic (exact) mass is 261 g/mol. The van der Waals surface area contributed by atoms with Gasteiger partial charge in [0.15, 0.2) is 0 Å². The Balaban J connectivity index is 4.33. The molecule has 0 aliphatic carbocycles. The van der Waals surface area contributed by atoms with Crippen molar-refractivity contribution in [2.45, 2.75) is 25.3 Å². The maximum absolute atomic E-state index is 13.2. The van der Waals surface area contributed by atoms with Gasteiger partial charge in [-0.05, 0) is 19.8 Å². The smallest absolute Gasteiger partial charge is 0.326 e. The first kappa shape index (κ1) is 16.5. The van der Waals surface area contributed by atoms with Gasteiger partial charge in [0.2, 0.25) is 0 Å². The molecule has 1 atom stereocenters. The number of nitrogens with zero attached hydrogens (tertiary/aromatic N) is 1. The summed E-state index contributed by atoms with van der Waals surface area (Å²) in [6.07, 6.45) is 1.53. The van der Waals surface area contributed by atoms with Gasteiger partial charge in [0.25, 0.3) is 0 Å². The molecule has 0 aromatic rings. The molecule has 0 radical (unpaired) electrons. The van der Waals surface area contributed by atoms with E-state index < -0.39 is 17.3 Å². The van der Waals surface area contributed by atoms with Gasteiger partial charge in [-0.25, -0.2) is 4.39 Å². The Morgan fingerprint density at radius 3 is 2.67 bits per heavy atom. The molecule has 6 nitrogen and oxygen atoms in total. The first-order valence-corrected chi connectivity index (χ1v) is 5.44. The topological polar surface area (TPSA) is 111 Å². The van der Waals surface area contributed by atoms with E-state index in [1.54, 1.807) is 6.92 Å². The number of halogens is 1. The molecule has 5 N–H and O–H groups in total. The standard InChI is InChI=1S/C11H20FN3O3/c1-8(13)15-6-9(12)4-3-5-11(14,7-18-2)10(16)17/h4H,3,5-7,14H2,1-2H3,(H2,13,15)(H,16,17)/b9-4+/t11-/m1/s1. The Bertz CT molecular complexity index is 340. The number of aliphatic imine (C=N–C) groups is 1. The highest BCUT2D eigenvalue weighted by Gasteiger charge is 2.33. The normalized spacial score (nSPS) is 16.4. The van der Waals surface area contributed by atoms with Crippen LogP contribution in [0.25, 0.3) is 0 Å². The van der Waals surface area contributed by atoms with E-state index >= 15 is 0 Å². The van der Waals surface area contributed by atoms with Crippen LogP contribution in [0.3, 0.4) is 0 Å². The number of allylic oxidation sites excluding steroid dienone is 1. The minimum Gasteiger partial charge on any atom is -0.480 e. The third-order valence-electron chi connectivity index (χ3n) is 2.26. The van der Waals surface area contributed by atoms with Crippen LogP contribution in [0.4, 0.5) is 4.39 Å². The van der Waals surface area contributed by atoms with Crippen molar-refractivity contribution in [1.82, 2.24) is 0 Å². The van der Waals surface area contributed by atoms with Gasteiger partial charge in [0, 0.05) is 7.11 Å². The molecule has 0 heterocycles. The Hall–Kier alpha value is -1.47. The number of rotatable bonds is 8. The van der Waals surface area contributed by atoms with E-state index in [-0.39, 0.29) is 31.8 Å². The summed E-state index contributed by atoms with van der Waals surface area (Å²) in [6.45, 7) is 1.29. The van der Waals surface area contributed by atoms with Gasteiger partial charge in [0.1, 0.15) is 11.4 Å². The molecule has 0 fully saturated rings. The van der Waals surface area contributed by atoms with Gasteiger partial charge in [-0.3, -0.25) is 9.79 Å². The number of hydrogen-bond acceptors (Lipinski definition) is 4. The predicted octanol–water partition coefficient (Wildman–Crippen LogP) is 0.426. The van der Waals surface area contributed by atoms with Gasteiger partial charge < -0.3 is 21.3 Å². The van der Waals surface area contributed by atoms with Crippen molar-refractivity contribution in [3.8, 4) is 0 Å². The minimum atomic E-state index is -1.50. The molecule has 0 unspecified atom stereocenters. The van der Waals surface area contributed by atoms with Crippen LogP contribution in [0.15, 0.2) is 16.9 Å². The van der Waals surface area contributed by atoms with Crippen molar-refractivity contribution < 1.29 is 19.0 Å². The second-order valence-corrected chi connectivity index (χ2v) is 4.04. The minimum absolute atomic E-state index is 0.0783. The maximum Gasteiger partial charge on any atom is 0.326 e. The highest BCUT2D eigenvalue weighted by atomic mass is 19.1. The van der Waals surface area contributed by atoms with E-state index in [4.69, 9.17) is 21.3 Å². The number of aliphatic carboxylic acids is 1. The third-order valence-corrected chi connectivity index (χ3v) is 2.26. The average Bonchev–Trinajstić information content (AvgIpc) is 2.26. The third kappa shape index (κ3) is 6.31. The largest absolute Gasteiger partial charge is 0.480 e. The fourth-order valence-corrected chi connectivity index (χ4v) is 1.25. The van der Waals surface area contributed by atoms with E-state index in [1.165, 1.54) is 13.2 Å². The highest BCUT2D eigenvalue weighted by molar-refractivity contribution is 5.78. The second kappa shape index (κ2) is 7.78. The van der Waals surface area contributed by atoms with Gasteiger partial charge in [0.05, 0.1) is 19.0 Å². The fourth-order valence-electron chi connectivity index (χ4n) is 1.25. The SMILES string of the molecule is COC[C@](N)(CC/C=C(/F)CN=C(C)N)C(=O)O. The number of carboxylic acid groups (broad SMARTS) is 1. The molecule has 0 amide bonds. The molecule has 0 aliphatic rings. The molecule has 0 saturated carbocycles. The fraction of sp³-hybridized carbons (Fsp3) is 0.636. The molecule has 104 valence electrons. The first-order valence-electron chi connectivity index (χ1n) is 5.44. The summed E-state index contributed by atoms with van der Waals surface area (Å²) < 4.78 is 18.0. The predicted molar refractivity (Wildman–Crippen MR) is 67.0 cm³/mol. The van der Waals surface area contributed by atoms with Crippen LogP contribution < -0.4 is 11.5 Å². The van der Waals surface area contributed by atoms with E-state index in [2.05, 4.69) is 4.99 Å². The summed E-state index contributed by atoms with van der Waals surface area (Å²) in [5, 5.41) is 8.95. The van der Waals surface area contributed by atoms with Crippen LogP contribution in [0, 0.1) is 0 Å². The summed E-state index contributed by atoms with van der Waals surface area (Å²) in [5.74, 6) is -1.35. The summed E-state index contributed by atoms with van der Waals surface area (Å²) in [4.78, 5) is 14.6. The van der Waals surface area contributed by atoms with Gasteiger partial charge in [-0.1, -0.05) is 6.08 Å². The second-order valence-electron chi connectivity index (χ2n) is 4.04. The summed E-state index contributed by atoms with van der Waals surface area (Å²) >= 11 is 0. The van der Waals surface area contributed by atoms with Crippen LogP contribution in [0.2, 0.25) is 0 Å². The number of hydrogen-bond donors (Lipinski definition) is 3. The quantitative estimate of drug-likeness (QED) is 0.433. The molecule has 18 heavy (non-hydrogen) atoms. The Morgan fingerprint density at radius 2 is 2.22 bits per heavy atom. The van der Waals surface area contributed by atoms with E-state index in [0.29, 0.717) is 0 Å². The molecule has 0 spiro atoms. The van der Waals surface area contributed by atoms with Crippen LogP contribution in [-0.4, -0.2) is 42.7 Å². The molecule has 0 aromatic carbocycles. The number of methoxy groups -OCH3 is 1. The van der Waals surface area contributed by atoms with E-state index in [0.717, 1.165) is 0 Å². The van der Waals surface area contributed by atoms with Crippen molar-refractivity contribution in [3.05, 3.63) is 11.9 Å². The van der Waals surface area contributed by atoms with E-state index in [9.17, 15) is 9.18 Å². The maximum atomic E-state index is 13.2. The average molecular weight is 261 g/mol. The molecule has 0 rings (SSSR count). The summed E-state index contributed by atoms with van der Waals surface area (Å²) in [5.41, 5.74) is 9.39. The molecule has 0 aliphatic heterocycles. The zero-order valence-corrected chi connectivity index (χ0v) is 10.6. The van der Waals surface area contributed by atoms with Crippen molar-refractivity contribution in [3.63, 3.8) is 0 Å². The van der Waals surface area contributed by atoms with Crippen LogP contribution >= 0.6 is 0 Å². The Morgan fingerprint density at radius 1 is 1.61 bits per heavy atom. The number of nitrogens with two attached hydrogens (primary N) is 2. The molecule has 0 bridgehead atoms. The van der Waals surface area contributed by atoms with Crippen molar-refractivity contribution in [2.75, 3.05) is 20.3 Å². The lowest BCUT2D eigenvalue weighted by Gasteiger charge is -2.22. The zero-order valence-electron chi connectivity index (χ0n) is 10.6. The Kier molecular flexibility index (Phi) is 7.14. The highest BCUT2D eigenvalue weighted by Crippen LogP contribution is 2.13. The van der Waals surface area contributed by atoms with Crippen LogP contribution in [-0.2, 0) is 9.53 Å². The van der Waals surface area contributed by atoms with Gasteiger partial charge >= 0.3 is 5.97 Å². The lowest BCUT2D eigenvalue weighted by atomic mass is 9.95. The van der Waals surface area contributed by atoms with Crippen molar-refractivity contribution >= 4 is 11.8 Å². The molecule has 0 aromatic heterocycles. The summed E-state index contributed by atoms with van der Waals surface area (Å²) in [6, 6.07) is 0. The lowest BCUT2D eigenvalue weighted by Crippen LogP contribution is -2.51. The molecule has 7 heteroatoms. The number of carbonyl (C=O) groups is 1. The Labute approximate surface area is 106 Å². The molecular weight excluding hydrogens is 241 g/mol. The summed E-state index contributed by atoms with van der Waals surface area (Å²) in [7, 11) is 1.36. The number of ether oxygens (including phenoxy) is 1. The molecule has 0 saturated heterocycles. The van der Waals surface area contributed by atoms with Crippen molar-refractivity contribution in [2.24, 2.45) is 16.5 Å². The zero-order chi connectivity index (χ0) is 14.2. The van der Waals surface area contributed by atoms with Gasteiger partial charge in [-0.15, -0.1) is 0 Å². The van der Waals surface area contributed by atoms with Crippen LogP contribution in [0.5, 0.6) is 0 Å². The van der Waals surface area contributed by atoms with Gasteiger partial charge in [-0.2, -0.15) is 0 Å². The van der Waals surface area contributed by atoms with Crippen molar-refractivity contribution in [1.29, 1.82) is 0 Å². The first-order chi connectivity index (χ1) is 8.31. The lowest BCUT2D eigenvalue weighted by molar-refractivity contribution is -0.145. The number of amidine groups is 1. The number of carboxylic acids is 1. The van der Waals surface area contributed by atoms with E-state index in [1.807, 2.05) is 0 Å². The molecular formula is C11H20FN3O3.